The Kier molecular flexibility index (Phi) is 3.61. The van der Waals surface area contributed by atoms with Gasteiger partial charge >= 0.3 is 0 Å². The van der Waals surface area contributed by atoms with E-state index in [0.717, 1.165) is 9.80 Å². The lowest BCUT2D eigenvalue weighted by Crippen LogP contribution is -2.34. The van der Waals surface area contributed by atoms with E-state index >= 15 is 0 Å². The zero-order valence-corrected chi connectivity index (χ0v) is 11.5. The molecule has 2 rings (SSSR count). The number of benzene rings is 1. The third-order valence-electron chi connectivity index (χ3n) is 2.90. The lowest BCUT2D eigenvalue weighted by molar-refractivity contribution is -0.124. The van der Waals surface area contributed by atoms with Crippen LogP contribution < -0.4 is 10.6 Å². The number of Topliss-reactive ketones (excluding diaryl/α,β-unsaturated/α-hetero) is 1. The van der Waals surface area contributed by atoms with Crippen LogP contribution in [0.3, 0.4) is 0 Å². The fourth-order valence-electron chi connectivity index (χ4n) is 2.11. The molecule has 0 aliphatic carbocycles. The fourth-order valence-corrected chi connectivity index (χ4v) is 3.19. The number of anilines is 2. The number of nitrogen functional groups attached to an aromatic ring is 1. The Bertz CT molecular complexity index is 569. The van der Waals surface area contributed by atoms with Gasteiger partial charge in [0.15, 0.2) is 0 Å². The number of hydrogen-bond acceptors (Lipinski definition) is 5. The first kappa shape index (κ1) is 13.6. The molecule has 0 aromatic heterocycles. The van der Waals surface area contributed by atoms with Gasteiger partial charge in [0, 0.05) is 30.9 Å². The molecule has 0 unspecified atom stereocenters. The van der Waals surface area contributed by atoms with Crippen LogP contribution in [0.4, 0.5) is 11.4 Å². The van der Waals surface area contributed by atoms with E-state index in [1.165, 1.54) is 25.6 Å². The maximum Gasteiger partial charge on any atom is 0.230 e. The SMILES string of the molecule is CC(=O)N(C(C)=O)c1ccc(N)c2c1SCC(=O)C2. The molecule has 0 atom stereocenters. The van der Waals surface area contributed by atoms with Crippen LogP contribution in [0.2, 0.25) is 0 Å². The summed E-state index contributed by atoms with van der Waals surface area (Å²) < 4.78 is 0. The summed E-state index contributed by atoms with van der Waals surface area (Å²) in [7, 11) is 0. The molecule has 1 aliphatic heterocycles. The first-order valence-corrected chi connectivity index (χ1v) is 6.77. The van der Waals surface area contributed by atoms with Gasteiger partial charge < -0.3 is 5.73 Å². The van der Waals surface area contributed by atoms with Crippen molar-refractivity contribution in [3.8, 4) is 0 Å². The molecule has 5 nitrogen and oxygen atoms in total. The molecule has 0 saturated carbocycles. The molecule has 0 fully saturated rings. The van der Waals surface area contributed by atoms with Gasteiger partial charge in [0.05, 0.1) is 11.4 Å². The van der Waals surface area contributed by atoms with Crippen LogP contribution in [-0.4, -0.2) is 23.4 Å². The number of nitrogens with two attached hydrogens (primary N) is 1. The zero-order chi connectivity index (χ0) is 14.2. The summed E-state index contributed by atoms with van der Waals surface area (Å²) in [5.74, 6) is -0.264. The van der Waals surface area contributed by atoms with Crippen LogP contribution in [0.1, 0.15) is 19.4 Å². The smallest absolute Gasteiger partial charge is 0.230 e. The van der Waals surface area contributed by atoms with E-state index in [2.05, 4.69) is 0 Å². The molecule has 0 bridgehead atoms. The predicted molar refractivity (Wildman–Crippen MR) is 74.1 cm³/mol. The summed E-state index contributed by atoms with van der Waals surface area (Å²) in [4.78, 5) is 36.6. The summed E-state index contributed by atoms with van der Waals surface area (Å²) in [6.45, 7) is 2.67. The molecule has 1 aromatic carbocycles. The quantitative estimate of drug-likeness (QED) is 0.785. The van der Waals surface area contributed by atoms with Crippen LogP contribution in [0, 0.1) is 0 Å². The molecule has 1 aromatic rings. The highest BCUT2D eigenvalue weighted by atomic mass is 32.2. The topological polar surface area (TPSA) is 80.5 Å². The highest BCUT2D eigenvalue weighted by Crippen LogP contribution is 2.40. The summed E-state index contributed by atoms with van der Waals surface area (Å²) in [6.07, 6.45) is 0.256. The summed E-state index contributed by atoms with van der Waals surface area (Å²) in [5.41, 5.74) is 7.62. The molecule has 0 radical (unpaired) electrons. The van der Waals surface area contributed by atoms with Gasteiger partial charge in [0.25, 0.3) is 0 Å². The molecule has 19 heavy (non-hydrogen) atoms. The number of amides is 2. The lowest BCUT2D eigenvalue weighted by Gasteiger charge is -2.25. The van der Waals surface area contributed by atoms with E-state index < -0.39 is 0 Å². The molecule has 1 heterocycles. The van der Waals surface area contributed by atoms with Gasteiger partial charge in [-0.15, -0.1) is 11.8 Å². The number of nitrogens with zero attached hydrogens (tertiary/aromatic N) is 1. The first-order chi connectivity index (χ1) is 8.91. The Morgan fingerprint density at radius 3 is 2.47 bits per heavy atom. The van der Waals surface area contributed by atoms with Gasteiger partial charge in [-0.1, -0.05) is 0 Å². The number of carbonyl (C=O) groups is 3. The second-order valence-corrected chi connectivity index (χ2v) is 5.34. The Labute approximate surface area is 115 Å². The van der Waals surface area contributed by atoms with E-state index in [9.17, 15) is 14.4 Å². The minimum absolute atomic E-state index is 0.0959. The number of rotatable bonds is 1. The Morgan fingerprint density at radius 2 is 1.89 bits per heavy atom. The molecular formula is C13H14N2O3S. The monoisotopic (exact) mass is 278 g/mol. The van der Waals surface area contributed by atoms with Gasteiger partial charge in [-0.05, 0) is 17.7 Å². The molecule has 2 N–H and O–H groups in total. The molecule has 0 saturated heterocycles. The third-order valence-corrected chi connectivity index (χ3v) is 4.11. The van der Waals surface area contributed by atoms with Crippen molar-refractivity contribution in [2.24, 2.45) is 0 Å². The van der Waals surface area contributed by atoms with Crippen molar-refractivity contribution in [2.75, 3.05) is 16.4 Å². The summed E-state index contributed by atoms with van der Waals surface area (Å²) >= 11 is 1.33. The minimum atomic E-state index is -0.350. The van der Waals surface area contributed by atoms with Crippen molar-refractivity contribution in [2.45, 2.75) is 25.2 Å². The molecule has 100 valence electrons. The highest BCUT2D eigenvalue weighted by molar-refractivity contribution is 8.00. The summed E-state index contributed by atoms with van der Waals surface area (Å²) in [6, 6.07) is 3.28. The third kappa shape index (κ3) is 2.49. The van der Waals surface area contributed by atoms with Crippen LogP contribution in [0.25, 0.3) is 0 Å². The average Bonchev–Trinajstić information content (AvgIpc) is 2.32. The molecule has 0 spiro atoms. The number of imide groups is 1. The average molecular weight is 278 g/mol. The van der Waals surface area contributed by atoms with Crippen molar-refractivity contribution < 1.29 is 14.4 Å². The number of ketones is 1. The van der Waals surface area contributed by atoms with Crippen molar-refractivity contribution >= 4 is 40.7 Å². The maximum atomic E-state index is 11.6. The lowest BCUT2D eigenvalue weighted by atomic mass is 10.0. The Hall–Kier alpha value is -1.82. The first-order valence-electron chi connectivity index (χ1n) is 5.79. The standard InChI is InChI=1S/C13H14N2O3S/c1-7(16)15(8(2)17)12-4-3-11(14)10-5-9(18)6-19-13(10)12/h3-4H,5-6,14H2,1-2H3. The van der Waals surface area contributed by atoms with Crippen molar-refractivity contribution in [3.05, 3.63) is 17.7 Å². The Morgan fingerprint density at radius 1 is 1.26 bits per heavy atom. The van der Waals surface area contributed by atoms with Gasteiger partial charge in [0.2, 0.25) is 11.8 Å². The number of carbonyl (C=O) groups excluding carboxylic acids is 3. The van der Waals surface area contributed by atoms with Crippen molar-refractivity contribution in [1.82, 2.24) is 0 Å². The highest BCUT2D eigenvalue weighted by Gasteiger charge is 2.26. The van der Waals surface area contributed by atoms with Crippen LogP contribution >= 0.6 is 11.8 Å². The fraction of sp³-hybridized carbons (Fsp3) is 0.308. The predicted octanol–water partition coefficient (Wildman–Crippen LogP) is 1.39. The van der Waals surface area contributed by atoms with Gasteiger partial charge in [-0.3, -0.25) is 14.4 Å². The van der Waals surface area contributed by atoms with Gasteiger partial charge in [0.1, 0.15) is 5.78 Å². The normalized spacial score (nSPS) is 13.9. The van der Waals surface area contributed by atoms with E-state index in [-0.39, 0.29) is 24.0 Å². The number of thioether (sulfide) groups is 1. The van der Waals surface area contributed by atoms with Crippen molar-refractivity contribution in [3.63, 3.8) is 0 Å². The van der Waals surface area contributed by atoms with Crippen LogP contribution in [-0.2, 0) is 20.8 Å². The minimum Gasteiger partial charge on any atom is -0.398 e. The van der Waals surface area contributed by atoms with E-state index in [1.807, 2.05) is 0 Å². The second-order valence-electron chi connectivity index (χ2n) is 4.36. The van der Waals surface area contributed by atoms with Crippen molar-refractivity contribution in [1.29, 1.82) is 0 Å². The van der Waals surface area contributed by atoms with Crippen LogP contribution in [0.15, 0.2) is 17.0 Å². The maximum absolute atomic E-state index is 11.6. The zero-order valence-electron chi connectivity index (χ0n) is 10.7. The Balaban J connectivity index is 2.59. The largest absolute Gasteiger partial charge is 0.398 e. The van der Waals surface area contributed by atoms with E-state index in [0.29, 0.717) is 22.7 Å². The molecule has 1 aliphatic rings. The van der Waals surface area contributed by atoms with Crippen LogP contribution in [0.5, 0.6) is 0 Å². The number of fused-ring (bicyclic) bond motifs is 1. The van der Waals surface area contributed by atoms with Gasteiger partial charge in [-0.2, -0.15) is 0 Å². The molecule has 2 amide bonds. The van der Waals surface area contributed by atoms with Gasteiger partial charge in [-0.25, -0.2) is 4.90 Å². The van der Waals surface area contributed by atoms with E-state index in [1.54, 1.807) is 12.1 Å². The molecule has 6 heteroatoms. The summed E-state index contributed by atoms with van der Waals surface area (Å²) in [5, 5.41) is 0. The number of hydrogen-bond donors (Lipinski definition) is 1. The second kappa shape index (κ2) is 5.05. The molecular weight excluding hydrogens is 264 g/mol. The van der Waals surface area contributed by atoms with E-state index in [4.69, 9.17) is 5.73 Å².